The summed E-state index contributed by atoms with van der Waals surface area (Å²) in [6.07, 6.45) is 1.13. The largest absolute Gasteiger partial charge is 0.488 e. The highest BCUT2D eigenvalue weighted by molar-refractivity contribution is 5.95. The number of benzene rings is 3. The highest BCUT2D eigenvalue weighted by Gasteiger charge is 2.20. The standard InChI is InChI=1S/C19H17NO/c1-2-7-16(8-3-1)21-17-12-15-11-10-14-6-4-5-9-18(14)19(15)20-13-17/h1-11,17,20H,12-13H2. The maximum absolute atomic E-state index is 6.06. The lowest BCUT2D eigenvalue weighted by Gasteiger charge is -2.28. The zero-order chi connectivity index (χ0) is 14.1. The lowest BCUT2D eigenvalue weighted by Crippen LogP contribution is -2.32. The van der Waals surface area contributed by atoms with Crippen LogP contribution < -0.4 is 10.1 Å². The molecule has 0 spiro atoms. The van der Waals surface area contributed by atoms with Gasteiger partial charge in [-0.25, -0.2) is 0 Å². The topological polar surface area (TPSA) is 21.3 Å². The molecule has 21 heavy (non-hydrogen) atoms. The molecule has 0 saturated heterocycles. The number of nitrogens with one attached hydrogen (secondary N) is 1. The summed E-state index contributed by atoms with van der Waals surface area (Å²) in [4.78, 5) is 0. The molecule has 104 valence electrons. The predicted octanol–water partition coefficient (Wildman–Crippen LogP) is 4.26. The lowest BCUT2D eigenvalue weighted by molar-refractivity contribution is 0.211. The Bertz CT molecular complexity index is 767. The normalized spacial score (nSPS) is 17.0. The second-order valence-corrected chi connectivity index (χ2v) is 5.46. The van der Waals surface area contributed by atoms with Crippen molar-refractivity contribution in [3.63, 3.8) is 0 Å². The van der Waals surface area contributed by atoms with Crippen molar-refractivity contribution in [2.45, 2.75) is 12.5 Å². The highest BCUT2D eigenvalue weighted by Crippen LogP contribution is 2.31. The van der Waals surface area contributed by atoms with E-state index in [9.17, 15) is 0 Å². The van der Waals surface area contributed by atoms with E-state index in [1.165, 1.54) is 22.0 Å². The molecule has 1 unspecified atom stereocenters. The molecule has 2 heteroatoms. The van der Waals surface area contributed by atoms with Crippen LogP contribution in [0.3, 0.4) is 0 Å². The summed E-state index contributed by atoms with van der Waals surface area (Å²) in [6, 6.07) is 23.0. The Morgan fingerprint density at radius 1 is 0.857 bits per heavy atom. The average Bonchev–Trinajstić information content (AvgIpc) is 2.55. The van der Waals surface area contributed by atoms with Gasteiger partial charge in [-0.05, 0) is 23.1 Å². The van der Waals surface area contributed by atoms with E-state index in [2.05, 4.69) is 41.7 Å². The molecule has 0 aliphatic carbocycles. The van der Waals surface area contributed by atoms with Gasteiger partial charge in [-0.1, -0.05) is 54.6 Å². The molecule has 1 atom stereocenters. The Balaban J connectivity index is 1.62. The Morgan fingerprint density at radius 3 is 2.57 bits per heavy atom. The summed E-state index contributed by atoms with van der Waals surface area (Å²) in [6.45, 7) is 0.843. The van der Waals surface area contributed by atoms with Gasteiger partial charge in [0.25, 0.3) is 0 Å². The molecule has 0 saturated carbocycles. The molecular weight excluding hydrogens is 258 g/mol. The number of hydrogen-bond donors (Lipinski definition) is 1. The van der Waals surface area contributed by atoms with Gasteiger partial charge in [0.05, 0.1) is 6.54 Å². The van der Waals surface area contributed by atoms with Crippen molar-refractivity contribution in [1.82, 2.24) is 0 Å². The van der Waals surface area contributed by atoms with E-state index >= 15 is 0 Å². The zero-order valence-corrected chi connectivity index (χ0v) is 11.8. The first-order valence-corrected chi connectivity index (χ1v) is 7.36. The van der Waals surface area contributed by atoms with Crippen molar-refractivity contribution in [1.29, 1.82) is 0 Å². The summed E-state index contributed by atoms with van der Waals surface area (Å²) in [7, 11) is 0. The maximum atomic E-state index is 6.06. The first-order chi connectivity index (χ1) is 10.4. The molecule has 4 rings (SSSR count). The van der Waals surface area contributed by atoms with Crippen LogP contribution in [-0.2, 0) is 6.42 Å². The minimum Gasteiger partial charge on any atom is -0.488 e. The van der Waals surface area contributed by atoms with E-state index in [1.807, 2.05) is 30.3 Å². The van der Waals surface area contributed by atoms with Crippen molar-refractivity contribution in [2.75, 3.05) is 11.9 Å². The van der Waals surface area contributed by atoms with Crippen LogP contribution in [-0.4, -0.2) is 12.6 Å². The molecular formula is C19H17NO. The van der Waals surface area contributed by atoms with Crippen LogP contribution in [0.5, 0.6) is 5.75 Å². The Labute approximate surface area is 124 Å². The zero-order valence-electron chi connectivity index (χ0n) is 11.8. The molecule has 1 heterocycles. The fourth-order valence-corrected chi connectivity index (χ4v) is 3.00. The van der Waals surface area contributed by atoms with Crippen LogP contribution in [0.2, 0.25) is 0 Å². The molecule has 3 aromatic rings. The fraction of sp³-hybridized carbons (Fsp3) is 0.158. The Morgan fingerprint density at radius 2 is 1.67 bits per heavy atom. The van der Waals surface area contributed by atoms with Gasteiger partial charge in [0, 0.05) is 17.5 Å². The summed E-state index contributed by atoms with van der Waals surface area (Å²) in [5.41, 5.74) is 2.60. The molecule has 3 aromatic carbocycles. The van der Waals surface area contributed by atoms with E-state index < -0.39 is 0 Å². The number of anilines is 1. The molecule has 0 bridgehead atoms. The molecule has 0 radical (unpaired) electrons. The first kappa shape index (κ1) is 12.3. The second-order valence-electron chi connectivity index (χ2n) is 5.46. The molecule has 1 aliphatic rings. The smallest absolute Gasteiger partial charge is 0.120 e. The van der Waals surface area contributed by atoms with Gasteiger partial charge >= 0.3 is 0 Å². The van der Waals surface area contributed by atoms with E-state index in [-0.39, 0.29) is 6.10 Å². The molecule has 2 nitrogen and oxygen atoms in total. The Kier molecular flexibility index (Phi) is 3.00. The van der Waals surface area contributed by atoms with Gasteiger partial charge < -0.3 is 10.1 Å². The highest BCUT2D eigenvalue weighted by atomic mass is 16.5. The average molecular weight is 275 g/mol. The quantitative estimate of drug-likeness (QED) is 0.754. The number of para-hydroxylation sites is 1. The van der Waals surface area contributed by atoms with E-state index in [4.69, 9.17) is 4.74 Å². The van der Waals surface area contributed by atoms with Gasteiger partial charge in [0.2, 0.25) is 0 Å². The first-order valence-electron chi connectivity index (χ1n) is 7.36. The van der Waals surface area contributed by atoms with E-state index in [1.54, 1.807) is 0 Å². The number of hydrogen-bond acceptors (Lipinski definition) is 2. The van der Waals surface area contributed by atoms with Gasteiger partial charge in [-0.15, -0.1) is 0 Å². The summed E-state index contributed by atoms with van der Waals surface area (Å²) >= 11 is 0. The number of rotatable bonds is 2. The van der Waals surface area contributed by atoms with Gasteiger partial charge in [0.15, 0.2) is 0 Å². The van der Waals surface area contributed by atoms with Gasteiger partial charge in [-0.2, -0.15) is 0 Å². The van der Waals surface area contributed by atoms with Crippen molar-refractivity contribution >= 4 is 16.5 Å². The lowest BCUT2D eigenvalue weighted by atomic mass is 9.96. The third-order valence-electron chi connectivity index (χ3n) is 4.02. The van der Waals surface area contributed by atoms with Gasteiger partial charge in [-0.3, -0.25) is 0 Å². The maximum Gasteiger partial charge on any atom is 0.120 e. The number of ether oxygens (including phenoxy) is 1. The number of fused-ring (bicyclic) bond motifs is 3. The van der Waals surface area contributed by atoms with Crippen molar-refractivity contribution in [2.24, 2.45) is 0 Å². The van der Waals surface area contributed by atoms with E-state index in [0.29, 0.717) is 0 Å². The Hall–Kier alpha value is -2.48. The molecule has 0 fully saturated rings. The molecule has 0 aromatic heterocycles. The summed E-state index contributed by atoms with van der Waals surface area (Å²) in [5.74, 6) is 0.938. The predicted molar refractivity (Wildman–Crippen MR) is 87.0 cm³/mol. The third kappa shape index (κ3) is 2.33. The van der Waals surface area contributed by atoms with Gasteiger partial charge in [0.1, 0.15) is 11.9 Å². The fourth-order valence-electron chi connectivity index (χ4n) is 3.00. The van der Waals surface area contributed by atoms with Crippen LogP contribution in [0, 0.1) is 0 Å². The van der Waals surface area contributed by atoms with Crippen LogP contribution in [0.15, 0.2) is 66.7 Å². The molecule has 1 N–H and O–H groups in total. The summed E-state index contributed by atoms with van der Waals surface area (Å²) in [5, 5.41) is 6.13. The summed E-state index contributed by atoms with van der Waals surface area (Å²) < 4.78 is 6.06. The van der Waals surface area contributed by atoms with Crippen molar-refractivity contribution in [3.05, 3.63) is 72.3 Å². The second kappa shape index (κ2) is 5.13. The minimum atomic E-state index is 0.182. The van der Waals surface area contributed by atoms with Crippen LogP contribution in [0.1, 0.15) is 5.56 Å². The molecule has 0 amide bonds. The van der Waals surface area contributed by atoms with Crippen LogP contribution in [0.4, 0.5) is 5.69 Å². The van der Waals surface area contributed by atoms with E-state index in [0.717, 1.165) is 18.7 Å². The molecule has 1 aliphatic heterocycles. The van der Waals surface area contributed by atoms with Crippen LogP contribution >= 0.6 is 0 Å². The van der Waals surface area contributed by atoms with Crippen molar-refractivity contribution < 1.29 is 4.74 Å². The van der Waals surface area contributed by atoms with Crippen LogP contribution in [0.25, 0.3) is 10.8 Å². The third-order valence-corrected chi connectivity index (χ3v) is 4.02. The van der Waals surface area contributed by atoms with Crippen molar-refractivity contribution in [3.8, 4) is 5.75 Å². The monoisotopic (exact) mass is 275 g/mol. The minimum absolute atomic E-state index is 0.182. The SMILES string of the molecule is c1ccc(OC2CNc3c(ccc4ccccc34)C2)cc1.